The molecule has 0 spiro atoms. The molecular weight excluding hydrogens is 282 g/mol. The van der Waals surface area contributed by atoms with E-state index >= 15 is 0 Å². The number of aryl methyl sites for hydroxylation is 2. The summed E-state index contributed by atoms with van der Waals surface area (Å²) in [5.41, 5.74) is 3.70. The van der Waals surface area contributed by atoms with Gasteiger partial charge in [-0.2, -0.15) is 5.26 Å². The third-order valence-corrected chi connectivity index (χ3v) is 4.09. The first-order valence-corrected chi connectivity index (χ1v) is 7.55. The van der Waals surface area contributed by atoms with Gasteiger partial charge >= 0.3 is 0 Å². The van der Waals surface area contributed by atoms with E-state index in [1.165, 1.54) is 16.7 Å². The second kappa shape index (κ2) is 6.20. The number of benzene rings is 2. The third kappa shape index (κ3) is 3.20. The highest BCUT2D eigenvalue weighted by atomic mass is 35.5. The number of hydrogen-bond acceptors (Lipinski definition) is 2. The average Bonchev–Trinajstić information content (AvgIpc) is 2.88. The second-order valence-electron chi connectivity index (χ2n) is 5.29. The lowest BCUT2D eigenvalue weighted by Gasteiger charge is -2.15. The van der Waals surface area contributed by atoms with E-state index in [1.807, 2.05) is 36.4 Å². The molecule has 21 heavy (non-hydrogen) atoms. The molecule has 1 aliphatic carbocycles. The Kier molecular flexibility index (Phi) is 4.13. The molecule has 0 heterocycles. The molecule has 2 aromatic rings. The number of fused-ring (bicyclic) bond motifs is 1. The van der Waals surface area contributed by atoms with Crippen molar-refractivity contribution in [1.29, 1.82) is 5.26 Å². The summed E-state index contributed by atoms with van der Waals surface area (Å²) in [7, 11) is 0. The van der Waals surface area contributed by atoms with Crippen LogP contribution in [-0.2, 0) is 12.8 Å². The molecule has 0 radical (unpaired) electrons. The number of nitriles is 1. The molecule has 2 nitrogen and oxygen atoms in total. The molecule has 2 aromatic carbocycles. The summed E-state index contributed by atoms with van der Waals surface area (Å²) in [5, 5.41) is 9.39. The fraction of sp³-hybridized carbons (Fsp3) is 0.278. The smallest absolute Gasteiger partial charge is 0.124 e. The van der Waals surface area contributed by atoms with E-state index in [0.29, 0.717) is 6.42 Å². The molecule has 106 valence electrons. The van der Waals surface area contributed by atoms with E-state index in [1.54, 1.807) is 0 Å². The summed E-state index contributed by atoms with van der Waals surface area (Å²) in [4.78, 5) is 0. The van der Waals surface area contributed by atoms with Gasteiger partial charge in [-0.1, -0.05) is 29.8 Å². The van der Waals surface area contributed by atoms with E-state index in [4.69, 9.17) is 21.6 Å². The molecule has 0 aliphatic heterocycles. The molecule has 0 saturated carbocycles. The van der Waals surface area contributed by atoms with Crippen molar-refractivity contribution in [2.75, 3.05) is 0 Å². The average molecular weight is 298 g/mol. The van der Waals surface area contributed by atoms with Gasteiger partial charge in [0.2, 0.25) is 0 Å². The van der Waals surface area contributed by atoms with Gasteiger partial charge in [-0.15, -0.1) is 0 Å². The number of nitrogens with zero attached hydrogens (tertiary/aromatic N) is 1. The minimum absolute atomic E-state index is 0.113. The summed E-state index contributed by atoms with van der Waals surface area (Å²) in [6, 6.07) is 16.2. The van der Waals surface area contributed by atoms with Crippen LogP contribution < -0.4 is 4.74 Å². The van der Waals surface area contributed by atoms with Crippen molar-refractivity contribution in [3.8, 4) is 11.8 Å². The second-order valence-corrected chi connectivity index (χ2v) is 5.73. The standard InChI is InChI=1S/C18H16ClNO/c19-15-6-9-17-14(12-15)5-10-18(17)21-16-7-3-13(4-8-16)2-1-11-20/h3-4,6-9,12,18H,1-2,5,10H2. The van der Waals surface area contributed by atoms with Gasteiger partial charge in [0.25, 0.3) is 0 Å². The topological polar surface area (TPSA) is 33.0 Å². The van der Waals surface area contributed by atoms with Gasteiger partial charge in [0.05, 0.1) is 6.07 Å². The predicted octanol–water partition coefficient (Wildman–Crippen LogP) is 4.86. The lowest BCUT2D eigenvalue weighted by atomic mass is 10.1. The van der Waals surface area contributed by atoms with Crippen molar-refractivity contribution in [3.05, 3.63) is 64.2 Å². The molecule has 3 rings (SSSR count). The molecule has 0 bridgehead atoms. The highest BCUT2D eigenvalue weighted by Gasteiger charge is 2.24. The van der Waals surface area contributed by atoms with Crippen LogP contribution in [-0.4, -0.2) is 0 Å². The fourth-order valence-corrected chi connectivity index (χ4v) is 2.96. The van der Waals surface area contributed by atoms with Crippen molar-refractivity contribution in [2.24, 2.45) is 0 Å². The van der Waals surface area contributed by atoms with Crippen molar-refractivity contribution < 1.29 is 4.74 Å². The van der Waals surface area contributed by atoms with Gasteiger partial charge in [-0.25, -0.2) is 0 Å². The van der Waals surface area contributed by atoms with Crippen LogP contribution >= 0.6 is 11.6 Å². The van der Waals surface area contributed by atoms with Crippen LogP contribution in [0.3, 0.4) is 0 Å². The maximum absolute atomic E-state index is 8.60. The largest absolute Gasteiger partial charge is 0.486 e. The number of halogens is 1. The molecule has 1 atom stereocenters. The quantitative estimate of drug-likeness (QED) is 0.807. The highest BCUT2D eigenvalue weighted by Crippen LogP contribution is 2.36. The summed E-state index contributed by atoms with van der Waals surface area (Å²) in [6.07, 6.45) is 3.47. The minimum atomic E-state index is 0.113. The van der Waals surface area contributed by atoms with Crippen LogP contribution in [0, 0.1) is 11.3 Å². The summed E-state index contributed by atoms with van der Waals surface area (Å²) >= 11 is 6.03. The highest BCUT2D eigenvalue weighted by molar-refractivity contribution is 6.30. The van der Waals surface area contributed by atoms with E-state index in [9.17, 15) is 0 Å². The van der Waals surface area contributed by atoms with Gasteiger partial charge in [0.1, 0.15) is 11.9 Å². The maximum atomic E-state index is 8.60. The monoisotopic (exact) mass is 297 g/mol. The van der Waals surface area contributed by atoms with Gasteiger partial charge in [-0.3, -0.25) is 0 Å². The van der Waals surface area contributed by atoms with Gasteiger partial charge in [0.15, 0.2) is 0 Å². The Morgan fingerprint density at radius 3 is 2.76 bits per heavy atom. The lowest BCUT2D eigenvalue weighted by molar-refractivity contribution is 0.207. The van der Waals surface area contributed by atoms with Crippen molar-refractivity contribution in [3.63, 3.8) is 0 Å². The Labute approximate surface area is 129 Å². The van der Waals surface area contributed by atoms with Crippen LogP contribution in [0.2, 0.25) is 5.02 Å². The molecule has 0 aromatic heterocycles. The Balaban J connectivity index is 1.70. The van der Waals surface area contributed by atoms with Gasteiger partial charge < -0.3 is 4.74 Å². The van der Waals surface area contributed by atoms with Gasteiger partial charge in [0, 0.05) is 11.4 Å². The molecule has 0 N–H and O–H groups in total. The third-order valence-electron chi connectivity index (χ3n) is 3.85. The zero-order valence-corrected chi connectivity index (χ0v) is 12.4. The Morgan fingerprint density at radius 2 is 2.00 bits per heavy atom. The Hall–Kier alpha value is -1.98. The molecule has 1 unspecified atom stereocenters. The SMILES string of the molecule is N#CCCc1ccc(OC2CCc3cc(Cl)ccc32)cc1. The summed E-state index contributed by atoms with van der Waals surface area (Å²) in [6.45, 7) is 0. The zero-order valence-electron chi connectivity index (χ0n) is 11.7. The fourth-order valence-electron chi connectivity index (χ4n) is 2.77. The number of ether oxygens (including phenoxy) is 1. The number of rotatable bonds is 4. The summed E-state index contributed by atoms with van der Waals surface area (Å²) < 4.78 is 6.09. The van der Waals surface area contributed by atoms with E-state index in [-0.39, 0.29) is 6.10 Å². The normalized spacial score (nSPS) is 16.3. The van der Waals surface area contributed by atoms with Crippen LogP contribution in [0.4, 0.5) is 0 Å². The van der Waals surface area contributed by atoms with Crippen molar-refractivity contribution in [1.82, 2.24) is 0 Å². The first-order valence-electron chi connectivity index (χ1n) is 7.17. The first kappa shape index (κ1) is 14.0. The van der Waals surface area contributed by atoms with Crippen LogP contribution in [0.15, 0.2) is 42.5 Å². The number of hydrogen-bond donors (Lipinski definition) is 0. The van der Waals surface area contributed by atoms with E-state index < -0.39 is 0 Å². The van der Waals surface area contributed by atoms with Gasteiger partial charge in [-0.05, 0) is 60.2 Å². The molecular formula is C18H16ClNO. The molecule has 1 aliphatic rings. The van der Waals surface area contributed by atoms with Crippen LogP contribution in [0.5, 0.6) is 5.75 Å². The first-order chi connectivity index (χ1) is 10.3. The summed E-state index contributed by atoms with van der Waals surface area (Å²) in [5.74, 6) is 0.878. The zero-order chi connectivity index (χ0) is 14.7. The van der Waals surface area contributed by atoms with Crippen molar-refractivity contribution >= 4 is 11.6 Å². The minimum Gasteiger partial charge on any atom is -0.486 e. The molecule has 3 heteroatoms. The van der Waals surface area contributed by atoms with Crippen LogP contribution in [0.25, 0.3) is 0 Å². The van der Waals surface area contributed by atoms with Crippen LogP contribution in [0.1, 0.15) is 35.6 Å². The van der Waals surface area contributed by atoms with E-state index in [2.05, 4.69) is 12.1 Å². The Bertz CT molecular complexity index is 673. The lowest BCUT2D eigenvalue weighted by Crippen LogP contribution is -2.03. The van der Waals surface area contributed by atoms with E-state index in [0.717, 1.165) is 30.0 Å². The molecule has 0 saturated heterocycles. The Morgan fingerprint density at radius 1 is 1.19 bits per heavy atom. The molecule has 0 fully saturated rings. The van der Waals surface area contributed by atoms with Crippen molar-refractivity contribution in [2.45, 2.75) is 31.8 Å². The maximum Gasteiger partial charge on any atom is 0.124 e. The molecule has 0 amide bonds. The predicted molar refractivity (Wildman–Crippen MR) is 83.5 cm³/mol.